The molecule has 1 aromatic carbocycles. The fourth-order valence-corrected chi connectivity index (χ4v) is 1.54. The molecule has 0 bridgehead atoms. The van der Waals surface area contributed by atoms with Gasteiger partial charge >= 0.3 is 0 Å². The summed E-state index contributed by atoms with van der Waals surface area (Å²) in [6.07, 6.45) is 0. The molecule has 3 heteroatoms. The third kappa shape index (κ3) is 1.81. The van der Waals surface area contributed by atoms with Crippen molar-refractivity contribution in [2.75, 3.05) is 0 Å². The summed E-state index contributed by atoms with van der Waals surface area (Å²) in [5.41, 5.74) is 1.74. The summed E-state index contributed by atoms with van der Waals surface area (Å²) >= 11 is 0. The highest BCUT2D eigenvalue weighted by molar-refractivity contribution is 5.59. The highest BCUT2D eigenvalue weighted by Crippen LogP contribution is 2.16. The number of aromatic nitrogens is 2. The van der Waals surface area contributed by atoms with Gasteiger partial charge in [-0.05, 0) is 12.5 Å². The largest absolute Gasteiger partial charge is 0.332 e. The average molecular weight is 200 g/mol. The Morgan fingerprint density at radius 2 is 1.87 bits per heavy atom. The first-order chi connectivity index (χ1) is 7.18. The van der Waals surface area contributed by atoms with E-state index in [1.165, 1.54) is 0 Å². The van der Waals surface area contributed by atoms with Crippen molar-refractivity contribution in [3.63, 3.8) is 0 Å². The Hall–Kier alpha value is -1.90. The first-order valence-electron chi connectivity index (χ1n) is 4.78. The first-order valence-corrected chi connectivity index (χ1v) is 4.78. The zero-order valence-electron chi connectivity index (χ0n) is 8.77. The van der Waals surface area contributed by atoms with Crippen molar-refractivity contribution in [3.05, 3.63) is 52.6 Å². The molecule has 0 saturated heterocycles. The van der Waals surface area contributed by atoms with E-state index in [0.29, 0.717) is 0 Å². The molecule has 1 heterocycles. The SMILES string of the molecule is Cc1nc(=O)cc(-c2ccccc2)n1C. The predicted octanol–water partition coefficient (Wildman–Crippen LogP) is 1.76. The molecule has 0 unspecified atom stereocenters. The molecule has 76 valence electrons. The lowest BCUT2D eigenvalue weighted by molar-refractivity contribution is 0.807. The average Bonchev–Trinajstić information content (AvgIpc) is 2.24. The molecule has 0 N–H and O–H groups in total. The Morgan fingerprint density at radius 1 is 1.20 bits per heavy atom. The van der Waals surface area contributed by atoms with E-state index in [1.54, 1.807) is 6.07 Å². The molecule has 0 atom stereocenters. The molecular weight excluding hydrogens is 188 g/mol. The Kier molecular flexibility index (Phi) is 2.37. The Bertz CT molecular complexity index is 529. The summed E-state index contributed by atoms with van der Waals surface area (Å²) in [4.78, 5) is 15.2. The predicted molar refractivity (Wildman–Crippen MR) is 59.7 cm³/mol. The second-order valence-corrected chi connectivity index (χ2v) is 3.45. The summed E-state index contributed by atoms with van der Waals surface area (Å²) < 4.78 is 1.91. The van der Waals surface area contributed by atoms with Crippen molar-refractivity contribution in [2.24, 2.45) is 7.05 Å². The zero-order chi connectivity index (χ0) is 10.8. The van der Waals surface area contributed by atoms with Gasteiger partial charge in [0, 0.05) is 13.1 Å². The molecule has 2 aromatic rings. The summed E-state index contributed by atoms with van der Waals surface area (Å²) in [7, 11) is 1.91. The van der Waals surface area contributed by atoms with Crippen LogP contribution in [0.25, 0.3) is 11.3 Å². The van der Waals surface area contributed by atoms with Gasteiger partial charge in [0.25, 0.3) is 5.56 Å². The van der Waals surface area contributed by atoms with Gasteiger partial charge in [-0.15, -0.1) is 0 Å². The molecule has 0 spiro atoms. The lowest BCUT2D eigenvalue weighted by Crippen LogP contribution is -2.14. The third-order valence-corrected chi connectivity index (χ3v) is 2.45. The van der Waals surface area contributed by atoms with E-state index in [1.807, 2.05) is 48.9 Å². The maximum absolute atomic E-state index is 11.3. The van der Waals surface area contributed by atoms with E-state index < -0.39 is 0 Å². The van der Waals surface area contributed by atoms with Gasteiger partial charge in [0.2, 0.25) is 0 Å². The number of nitrogens with zero attached hydrogens (tertiary/aromatic N) is 2. The van der Waals surface area contributed by atoms with Gasteiger partial charge in [-0.25, -0.2) is 0 Å². The first kappa shape index (κ1) is 9.65. The van der Waals surface area contributed by atoms with Crippen LogP contribution in [-0.4, -0.2) is 9.55 Å². The van der Waals surface area contributed by atoms with Gasteiger partial charge in [0.1, 0.15) is 5.82 Å². The molecule has 2 rings (SSSR count). The van der Waals surface area contributed by atoms with Gasteiger partial charge < -0.3 is 4.57 Å². The van der Waals surface area contributed by atoms with Crippen molar-refractivity contribution in [3.8, 4) is 11.3 Å². The van der Waals surface area contributed by atoms with Gasteiger partial charge in [-0.3, -0.25) is 4.79 Å². The number of aryl methyl sites for hydroxylation is 1. The van der Waals surface area contributed by atoms with Crippen LogP contribution in [0.4, 0.5) is 0 Å². The van der Waals surface area contributed by atoms with Gasteiger partial charge in [0.05, 0.1) is 5.69 Å². The standard InChI is InChI=1S/C12H12N2O/c1-9-13-12(15)8-11(14(9)2)10-6-4-3-5-7-10/h3-8H,1-2H3. The molecular formula is C12H12N2O. The minimum atomic E-state index is -0.190. The van der Waals surface area contributed by atoms with Crippen LogP contribution in [0.3, 0.4) is 0 Å². The summed E-state index contributed by atoms with van der Waals surface area (Å²) in [6, 6.07) is 11.4. The molecule has 0 aliphatic heterocycles. The van der Waals surface area contributed by atoms with Crippen LogP contribution < -0.4 is 5.56 Å². The van der Waals surface area contributed by atoms with Crippen molar-refractivity contribution in [2.45, 2.75) is 6.92 Å². The van der Waals surface area contributed by atoms with Crippen molar-refractivity contribution in [1.82, 2.24) is 9.55 Å². The molecule has 0 radical (unpaired) electrons. The van der Waals surface area contributed by atoms with Crippen LogP contribution in [0.2, 0.25) is 0 Å². The molecule has 1 aromatic heterocycles. The number of hydrogen-bond donors (Lipinski definition) is 0. The second kappa shape index (κ2) is 3.69. The third-order valence-electron chi connectivity index (χ3n) is 2.45. The van der Waals surface area contributed by atoms with E-state index in [4.69, 9.17) is 0 Å². The van der Waals surface area contributed by atoms with Crippen molar-refractivity contribution < 1.29 is 0 Å². The highest BCUT2D eigenvalue weighted by atomic mass is 16.1. The molecule has 3 nitrogen and oxygen atoms in total. The maximum Gasteiger partial charge on any atom is 0.273 e. The molecule has 0 fully saturated rings. The minimum absolute atomic E-state index is 0.190. The topological polar surface area (TPSA) is 34.9 Å². The van der Waals surface area contributed by atoms with E-state index in [-0.39, 0.29) is 5.56 Å². The Morgan fingerprint density at radius 3 is 2.53 bits per heavy atom. The monoisotopic (exact) mass is 200 g/mol. The van der Waals surface area contributed by atoms with Crippen molar-refractivity contribution in [1.29, 1.82) is 0 Å². The van der Waals surface area contributed by atoms with Gasteiger partial charge in [0.15, 0.2) is 0 Å². The number of rotatable bonds is 1. The fraction of sp³-hybridized carbons (Fsp3) is 0.167. The van der Waals surface area contributed by atoms with Crippen LogP contribution in [0.15, 0.2) is 41.2 Å². The van der Waals surface area contributed by atoms with E-state index in [9.17, 15) is 4.79 Å². The number of benzene rings is 1. The van der Waals surface area contributed by atoms with Crippen LogP contribution in [0.5, 0.6) is 0 Å². The minimum Gasteiger partial charge on any atom is -0.332 e. The van der Waals surface area contributed by atoms with Crippen LogP contribution in [0, 0.1) is 6.92 Å². The van der Waals surface area contributed by atoms with Gasteiger partial charge in [-0.1, -0.05) is 30.3 Å². The van der Waals surface area contributed by atoms with Crippen LogP contribution in [0.1, 0.15) is 5.82 Å². The Balaban J connectivity index is 2.68. The fourth-order valence-electron chi connectivity index (χ4n) is 1.54. The molecule has 15 heavy (non-hydrogen) atoms. The van der Waals surface area contributed by atoms with Crippen molar-refractivity contribution >= 4 is 0 Å². The highest BCUT2D eigenvalue weighted by Gasteiger charge is 2.04. The van der Waals surface area contributed by atoms with E-state index in [2.05, 4.69) is 4.98 Å². The smallest absolute Gasteiger partial charge is 0.273 e. The molecule has 0 aliphatic carbocycles. The maximum atomic E-state index is 11.3. The van der Waals surface area contributed by atoms with E-state index in [0.717, 1.165) is 17.1 Å². The zero-order valence-corrected chi connectivity index (χ0v) is 8.77. The van der Waals surface area contributed by atoms with E-state index >= 15 is 0 Å². The normalized spacial score (nSPS) is 10.3. The Labute approximate surface area is 88.0 Å². The summed E-state index contributed by atoms with van der Waals surface area (Å²) in [5, 5.41) is 0. The molecule has 0 amide bonds. The quantitative estimate of drug-likeness (QED) is 0.703. The molecule has 0 saturated carbocycles. The summed E-state index contributed by atoms with van der Waals surface area (Å²) in [6.45, 7) is 1.83. The van der Waals surface area contributed by atoms with Gasteiger partial charge in [-0.2, -0.15) is 4.98 Å². The molecule has 0 aliphatic rings. The lowest BCUT2D eigenvalue weighted by Gasteiger charge is -2.10. The summed E-state index contributed by atoms with van der Waals surface area (Å²) in [5.74, 6) is 0.723. The lowest BCUT2D eigenvalue weighted by atomic mass is 10.1. The second-order valence-electron chi connectivity index (χ2n) is 3.45. The number of hydrogen-bond acceptors (Lipinski definition) is 2. The van der Waals surface area contributed by atoms with Crippen LogP contribution >= 0.6 is 0 Å². The van der Waals surface area contributed by atoms with Crippen LogP contribution in [-0.2, 0) is 7.05 Å².